The maximum absolute atomic E-state index is 11.9. The number of nitrogens with two attached hydrogens (primary N) is 1. The van der Waals surface area contributed by atoms with Crippen molar-refractivity contribution in [1.82, 2.24) is 0 Å². The van der Waals surface area contributed by atoms with Crippen LogP contribution in [0.1, 0.15) is 0 Å². The summed E-state index contributed by atoms with van der Waals surface area (Å²) in [5.74, 6) is 0. The Labute approximate surface area is 245 Å². The highest BCUT2D eigenvalue weighted by molar-refractivity contribution is 7.86. The highest BCUT2D eigenvalue weighted by atomic mass is 32.2. The first kappa shape index (κ1) is 31.0. The number of anilines is 1. The van der Waals surface area contributed by atoms with Crippen molar-refractivity contribution >= 4 is 80.8 Å². The normalized spacial score (nSPS) is 12.0. The summed E-state index contributed by atoms with van der Waals surface area (Å²) in [5.41, 5.74) is 7.64. The smallest absolute Gasteiger partial charge is 0.398 e. The molecule has 0 aliphatic carbocycles. The lowest BCUT2D eigenvalue weighted by Crippen LogP contribution is -2.01. The number of rotatable bonds is 6. The van der Waals surface area contributed by atoms with E-state index in [-0.39, 0.29) is 32.2 Å². The predicted molar refractivity (Wildman–Crippen MR) is 156 cm³/mol. The highest BCUT2D eigenvalue weighted by Gasteiger charge is 2.18. The number of nitrogens with zero attached hydrogens (tertiary/aromatic N) is 4. The van der Waals surface area contributed by atoms with Crippen LogP contribution >= 0.6 is 0 Å². The molecular weight excluding hydrogens is 623 g/mol. The fraction of sp³-hybridized carbons (Fsp3) is 0. The van der Waals surface area contributed by atoms with Crippen molar-refractivity contribution in [2.24, 2.45) is 20.5 Å². The summed E-state index contributed by atoms with van der Waals surface area (Å²) in [6.45, 7) is 0. The molecule has 0 bridgehead atoms. The van der Waals surface area contributed by atoms with Crippen LogP contribution in [-0.4, -0.2) is 38.6 Å². The lowest BCUT2D eigenvalue weighted by atomic mass is 10.1. The first-order valence-electron chi connectivity index (χ1n) is 11.7. The third-order valence-corrected chi connectivity index (χ3v) is 7.57. The lowest BCUT2D eigenvalue weighted by molar-refractivity contribution is 0.481. The summed E-state index contributed by atoms with van der Waals surface area (Å²) < 4.78 is 92.0. The molecular formula is C26H19N5O9S3. The van der Waals surface area contributed by atoms with Crippen LogP contribution in [0.2, 0.25) is 0 Å². The Balaban J connectivity index is 0.000000996. The van der Waals surface area contributed by atoms with E-state index in [1.165, 1.54) is 42.5 Å². The number of nitrogen functional groups attached to an aromatic ring is 1. The molecule has 5 aromatic carbocycles. The maximum atomic E-state index is 11.9. The van der Waals surface area contributed by atoms with Crippen molar-refractivity contribution in [3.05, 3.63) is 91.0 Å². The van der Waals surface area contributed by atoms with Gasteiger partial charge in [0, 0.05) is 27.2 Å². The van der Waals surface area contributed by atoms with E-state index in [4.69, 9.17) is 18.4 Å². The van der Waals surface area contributed by atoms with Gasteiger partial charge < -0.3 is 5.73 Å². The third kappa shape index (κ3) is 7.48. The van der Waals surface area contributed by atoms with E-state index >= 15 is 0 Å². The largest absolute Gasteiger partial charge is 0.425 e. The van der Waals surface area contributed by atoms with Gasteiger partial charge in [-0.1, -0.05) is 36.4 Å². The molecule has 5 rings (SSSR count). The van der Waals surface area contributed by atoms with Gasteiger partial charge in [-0.05, 0) is 54.6 Å². The molecule has 0 aliphatic rings. The van der Waals surface area contributed by atoms with E-state index in [9.17, 15) is 25.9 Å². The number of benzene rings is 5. The van der Waals surface area contributed by atoms with Crippen molar-refractivity contribution in [2.45, 2.75) is 9.79 Å². The van der Waals surface area contributed by atoms with Gasteiger partial charge in [-0.3, -0.25) is 9.11 Å². The van der Waals surface area contributed by atoms with E-state index in [2.05, 4.69) is 20.5 Å². The van der Waals surface area contributed by atoms with Gasteiger partial charge >= 0.3 is 10.6 Å². The second kappa shape index (κ2) is 12.5. The molecule has 0 aliphatic heterocycles. The number of azo groups is 2. The Morgan fingerprint density at radius 1 is 0.581 bits per heavy atom. The van der Waals surface area contributed by atoms with Gasteiger partial charge in [0.15, 0.2) is 0 Å². The zero-order chi connectivity index (χ0) is 31.4. The molecule has 0 heterocycles. The van der Waals surface area contributed by atoms with Crippen molar-refractivity contribution in [1.29, 1.82) is 0 Å². The van der Waals surface area contributed by atoms with Crippen molar-refractivity contribution < 1.29 is 38.6 Å². The Morgan fingerprint density at radius 3 is 1.74 bits per heavy atom. The first-order chi connectivity index (χ1) is 20.3. The maximum Gasteiger partial charge on any atom is 0.425 e. The zero-order valence-electron chi connectivity index (χ0n) is 21.5. The number of hydrogen-bond donors (Lipinski definition) is 3. The van der Waals surface area contributed by atoms with E-state index in [1.54, 1.807) is 30.3 Å². The molecule has 0 amide bonds. The fourth-order valence-electron chi connectivity index (χ4n) is 4.03. The second-order valence-corrected chi connectivity index (χ2v) is 11.8. The zero-order valence-corrected chi connectivity index (χ0v) is 24.0. The molecule has 0 saturated heterocycles. The summed E-state index contributed by atoms with van der Waals surface area (Å²) in [6.07, 6.45) is 0. The van der Waals surface area contributed by atoms with Crippen molar-refractivity contribution in [3.63, 3.8) is 0 Å². The summed E-state index contributed by atoms with van der Waals surface area (Å²) in [7, 11) is -12.2. The van der Waals surface area contributed by atoms with Crippen molar-refractivity contribution in [3.8, 4) is 0 Å². The summed E-state index contributed by atoms with van der Waals surface area (Å²) in [4.78, 5) is -0.717. The minimum atomic E-state index is -4.57. The van der Waals surface area contributed by atoms with Crippen LogP contribution in [0.3, 0.4) is 0 Å². The molecule has 0 radical (unpaired) electrons. The standard InChI is InChI=1S/C26H19N5O6S2.O3S/c27-21-11-12-23(19-7-4-8-25(26(19)21)39(35,36)37)30-31-24-14-13-22(29-28-16-5-2-1-3-6-16)18-10-9-17(15-20(18)24)38(32,33)34;1-4(2)3/h1-15H,27H2,(H,32,33,34)(H,35,36,37);. The molecule has 220 valence electrons. The Morgan fingerprint density at radius 2 is 1.14 bits per heavy atom. The fourth-order valence-corrected chi connectivity index (χ4v) is 5.27. The topological polar surface area (TPSA) is 235 Å². The van der Waals surface area contributed by atoms with Crippen LogP contribution in [0.4, 0.5) is 28.4 Å². The van der Waals surface area contributed by atoms with E-state index < -0.39 is 30.8 Å². The molecule has 0 spiro atoms. The monoisotopic (exact) mass is 641 g/mol. The average Bonchev–Trinajstić information content (AvgIpc) is 2.95. The molecule has 0 aromatic heterocycles. The molecule has 17 heteroatoms. The van der Waals surface area contributed by atoms with Gasteiger partial charge in [-0.2, -0.15) is 21.9 Å². The van der Waals surface area contributed by atoms with Gasteiger partial charge in [0.1, 0.15) is 4.90 Å². The molecule has 5 aromatic rings. The molecule has 0 saturated carbocycles. The first-order valence-corrected chi connectivity index (χ1v) is 15.6. The summed E-state index contributed by atoms with van der Waals surface area (Å²) >= 11 is 0. The van der Waals surface area contributed by atoms with Gasteiger partial charge in [0.2, 0.25) is 0 Å². The number of fused-ring (bicyclic) bond motifs is 2. The van der Waals surface area contributed by atoms with Crippen LogP contribution in [0.15, 0.2) is 121 Å². The molecule has 4 N–H and O–H groups in total. The minimum Gasteiger partial charge on any atom is -0.398 e. The van der Waals surface area contributed by atoms with Gasteiger partial charge in [-0.25, -0.2) is 0 Å². The van der Waals surface area contributed by atoms with Gasteiger partial charge in [0.05, 0.1) is 27.6 Å². The molecule has 43 heavy (non-hydrogen) atoms. The number of hydrogen-bond acceptors (Lipinski definition) is 12. The Bertz CT molecular complexity index is 2250. The minimum absolute atomic E-state index is 0.0895. The lowest BCUT2D eigenvalue weighted by Gasteiger charge is -2.09. The van der Waals surface area contributed by atoms with E-state index in [0.717, 1.165) is 0 Å². The van der Waals surface area contributed by atoms with Crippen LogP contribution in [0, 0.1) is 0 Å². The highest BCUT2D eigenvalue weighted by Crippen LogP contribution is 2.39. The SMILES string of the molecule is Nc1ccc(N=Nc2ccc(N=Nc3ccccc3)c3ccc(S(=O)(=O)O)cc23)c2cccc(S(=O)(=O)O)c12.O=S(=O)=O. The van der Waals surface area contributed by atoms with Crippen LogP contribution in [0.25, 0.3) is 21.5 Å². The molecule has 0 atom stereocenters. The Hall–Kier alpha value is -4.94. The van der Waals surface area contributed by atoms with Gasteiger partial charge in [-0.15, -0.1) is 28.0 Å². The van der Waals surface area contributed by atoms with E-state index in [1.807, 2.05) is 18.2 Å². The summed E-state index contributed by atoms with van der Waals surface area (Å²) in [5, 5.41) is 18.3. The van der Waals surface area contributed by atoms with Crippen LogP contribution in [-0.2, 0) is 30.8 Å². The Kier molecular flexibility index (Phi) is 9.02. The summed E-state index contributed by atoms with van der Waals surface area (Å²) in [6, 6.07) is 23.4. The molecule has 0 unspecified atom stereocenters. The third-order valence-electron chi connectivity index (χ3n) is 5.82. The second-order valence-electron chi connectivity index (χ2n) is 8.55. The van der Waals surface area contributed by atoms with Crippen molar-refractivity contribution in [2.75, 3.05) is 5.73 Å². The van der Waals surface area contributed by atoms with Gasteiger partial charge in [0.25, 0.3) is 20.2 Å². The average molecular weight is 642 g/mol. The molecule has 14 nitrogen and oxygen atoms in total. The quantitative estimate of drug-likeness (QED) is 0.113. The van der Waals surface area contributed by atoms with E-state index in [0.29, 0.717) is 27.5 Å². The molecule has 0 fully saturated rings. The van der Waals surface area contributed by atoms with Crippen LogP contribution in [0.5, 0.6) is 0 Å². The predicted octanol–water partition coefficient (Wildman–Crippen LogP) is 5.90. The van der Waals surface area contributed by atoms with Crippen LogP contribution < -0.4 is 5.73 Å².